The molecular weight excluding hydrogens is 597 g/mol. The van der Waals surface area contributed by atoms with Crippen molar-refractivity contribution in [1.29, 1.82) is 0 Å². The van der Waals surface area contributed by atoms with Crippen molar-refractivity contribution >= 4 is 22.6 Å². The van der Waals surface area contributed by atoms with Crippen molar-refractivity contribution in [2.75, 3.05) is 0 Å². The molecule has 0 aliphatic heterocycles. The Hall–Kier alpha value is -5.38. The zero-order valence-corrected chi connectivity index (χ0v) is 25.3. The van der Waals surface area contributed by atoms with E-state index in [1.807, 2.05) is 30.3 Å². The average Bonchev–Trinajstić information content (AvgIpc) is 3.00. The van der Waals surface area contributed by atoms with Crippen LogP contribution >= 0.6 is 0 Å². The molecule has 2 N–H and O–H groups in total. The maximum absolute atomic E-state index is 13.0. The quantitative estimate of drug-likeness (QED) is 0.170. The van der Waals surface area contributed by atoms with Crippen molar-refractivity contribution < 1.29 is 37.3 Å². The third-order valence-electron chi connectivity index (χ3n) is 7.30. The van der Waals surface area contributed by atoms with Gasteiger partial charge in [0.25, 0.3) is 5.91 Å². The summed E-state index contributed by atoms with van der Waals surface area (Å²) in [5.41, 5.74) is 3.30. The molecular formula is C36H31F3N2O5. The lowest BCUT2D eigenvalue weighted by Crippen LogP contribution is -2.42. The van der Waals surface area contributed by atoms with E-state index < -0.39 is 24.3 Å². The lowest BCUT2D eigenvalue weighted by Gasteiger charge is -2.19. The first-order valence-corrected chi connectivity index (χ1v) is 14.4. The lowest BCUT2D eigenvalue weighted by molar-refractivity contribution is -0.274. The molecule has 0 aliphatic carbocycles. The normalized spacial score (nSPS) is 12.4. The van der Waals surface area contributed by atoms with E-state index in [0.29, 0.717) is 28.2 Å². The molecule has 5 aromatic rings. The van der Waals surface area contributed by atoms with Crippen molar-refractivity contribution in [3.63, 3.8) is 0 Å². The van der Waals surface area contributed by atoms with Gasteiger partial charge < -0.3 is 19.9 Å². The minimum atomic E-state index is -4.77. The minimum absolute atomic E-state index is 0.00469. The van der Waals surface area contributed by atoms with E-state index >= 15 is 0 Å². The van der Waals surface area contributed by atoms with Crippen LogP contribution in [0.15, 0.2) is 103 Å². The molecule has 10 heteroatoms. The topological polar surface area (TPSA) is 97.8 Å². The molecule has 46 heavy (non-hydrogen) atoms. The van der Waals surface area contributed by atoms with Crippen molar-refractivity contribution in [1.82, 2.24) is 10.3 Å². The number of halogens is 3. The van der Waals surface area contributed by atoms with Crippen LogP contribution in [0.3, 0.4) is 0 Å². The fourth-order valence-electron chi connectivity index (χ4n) is 4.82. The highest BCUT2D eigenvalue weighted by atomic mass is 19.4. The zero-order chi connectivity index (χ0) is 33.1. The van der Waals surface area contributed by atoms with Crippen molar-refractivity contribution in [2.45, 2.75) is 45.0 Å². The number of aromatic nitrogens is 1. The number of ether oxygens (including phenoxy) is 2. The van der Waals surface area contributed by atoms with Crippen LogP contribution in [0.2, 0.25) is 0 Å². The number of nitrogens with one attached hydrogen (secondary N) is 1. The molecule has 1 amide bonds. The maximum Gasteiger partial charge on any atom is 0.573 e. The van der Waals surface area contributed by atoms with Crippen LogP contribution in [0.25, 0.3) is 21.9 Å². The SMILES string of the molecule is CC(C)(C)c1ccc(Oc2ccc3cc(C(=O)N[C@@H](Cc4ccc(-c5ccc(OC(F)(F)F)cc5)cc4)C(=O)O)ncc3c2)cc1. The number of hydrogen-bond donors (Lipinski definition) is 2. The number of fused-ring (bicyclic) bond motifs is 1. The molecule has 0 bridgehead atoms. The molecule has 0 unspecified atom stereocenters. The second kappa shape index (κ2) is 12.9. The van der Waals surface area contributed by atoms with Gasteiger partial charge in [-0.2, -0.15) is 0 Å². The summed E-state index contributed by atoms with van der Waals surface area (Å²) in [7, 11) is 0. The van der Waals surface area contributed by atoms with Gasteiger partial charge in [-0.25, -0.2) is 4.79 Å². The second-order valence-electron chi connectivity index (χ2n) is 11.8. The summed E-state index contributed by atoms with van der Waals surface area (Å²) in [4.78, 5) is 29.3. The van der Waals surface area contributed by atoms with Crippen LogP contribution in [0.4, 0.5) is 13.2 Å². The Bertz CT molecular complexity index is 1850. The predicted molar refractivity (Wildman–Crippen MR) is 168 cm³/mol. The molecule has 5 rings (SSSR count). The van der Waals surface area contributed by atoms with Crippen LogP contribution in [0.1, 0.15) is 42.4 Å². The Kier molecular flexibility index (Phi) is 9.00. The molecule has 0 radical (unpaired) electrons. The van der Waals surface area contributed by atoms with Crippen molar-refractivity contribution in [2.24, 2.45) is 0 Å². The molecule has 0 saturated heterocycles. The van der Waals surface area contributed by atoms with Crippen LogP contribution in [0.5, 0.6) is 17.2 Å². The van der Waals surface area contributed by atoms with Crippen molar-refractivity contribution in [3.8, 4) is 28.4 Å². The summed E-state index contributed by atoms with van der Waals surface area (Å²) in [5, 5.41) is 13.8. The van der Waals surface area contributed by atoms with Gasteiger partial charge in [-0.05, 0) is 75.5 Å². The molecule has 1 heterocycles. The number of carboxylic acid groups (broad SMARTS) is 1. The van der Waals surface area contributed by atoms with E-state index in [1.165, 1.54) is 36.0 Å². The van der Waals surface area contributed by atoms with Gasteiger partial charge >= 0.3 is 12.3 Å². The van der Waals surface area contributed by atoms with Crippen LogP contribution in [-0.2, 0) is 16.6 Å². The number of nitrogens with zero attached hydrogens (tertiary/aromatic N) is 1. The van der Waals surface area contributed by atoms with E-state index in [1.54, 1.807) is 42.5 Å². The monoisotopic (exact) mass is 628 g/mol. The third kappa shape index (κ3) is 8.20. The second-order valence-corrected chi connectivity index (χ2v) is 11.8. The first-order chi connectivity index (χ1) is 21.7. The van der Waals surface area contributed by atoms with Gasteiger partial charge in [-0.3, -0.25) is 9.78 Å². The largest absolute Gasteiger partial charge is 0.573 e. The number of carbonyl (C=O) groups is 2. The van der Waals surface area contributed by atoms with E-state index in [4.69, 9.17) is 4.74 Å². The molecule has 1 aromatic heterocycles. The highest BCUT2D eigenvalue weighted by Gasteiger charge is 2.31. The number of pyridine rings is 1. The summed E-state index contributed by atoms with van der Waals surface area (Å²) in [6.07, 6.45) is -3.23. The Morgan fingerprint density at radius 2 is 1.37 bits per heavy atom. The number of hydrogen-bond acceptors (Lipinski definition) is 5. The Morgan fingerprint density at radius 3 is 1.96 bits per heavy atom. The summed E-state index contributed by atoms with van der Waals surface area (Å²) >= 11 is 0. The van der Waals surface area contributed by atoms with Gasteiger partial charge in [0, 0.05) is 18.0 Å². The average molecular weight is 629 g/mol. The third-order valence-corrected chi connectivity index (χ3v) is 7.30. The number of alkyl halides is 3. The number of aliphatic carboxylic acids is 1. The number of carboxylic acids is 1. The summed E-state index contributed by atoms with van der Waals surface area (Å²) in [6.45, 7) is 6.43. The maximum atomic E-state index is 13.0. The predicted octanol–water partition coefficient (Wildman–Crippen LogP) is 8.32. The van der Waals surface area contributed by atoms with Gasteiger partial charge in [0.1, 0.15) is 29.0 Å². The Labute approximate surface area is 263 Å². The Morgan fingerprint density at radius 1 is 0.783 bits per heavy atom. The molecule has 1 atom stereocenters. The Balaban J connectivity index is 1.22. The van der Waals surface area contributed by atoms with Gasteiger partial charge in [-0.1, -0.05) is 75.4 Å². The minimum Gasteiger partial charge on any atom is -0.480 e. The van der Waals surface area contributed by atoms with E-state index in [-0.39, 0.29) is 23.3 Å². The highest BCUT2D eigenvalue weighted by Crippen LogP contribution is 2.30. The van der Waals surface area contributed by atoms with E-state index in [2.05, 4.69) is 35.8 Å². The van der Waals surface area contributed by atoms with Gasteiger partial charge in [0.15, 0.2) is 0 Å². The number of carbonyl (C=O) groups excluding carboxylic acids is 1. The number of rotatable bonds is 9. The molecule has 0 spiro atoms. The molecule has 7 nitrogen and oxygen atoms in total. The molecule has 0 saturated carbocycles. The lowest BCUT2D eigenvalue weighted by atomic mass is 9.87. The molecule has 0 aliphatic rings. The van der Waals surface area contributed by atoms with Crippen LogP contribution in [0, 0.1) is 0 Å². The first kappa shape index (κ1) is 32.0. The molecule has 4 aromatic carbocycles. The standard InChI is InChI=1S/C36H31F3N2O5/c1-35(2,3)27-11-16-28(17-12-27)45-30-15-10-25-20-31(40-21-26(25)19-30)33(42)41-32(34(43)44)18-22-4-6-23(7-5-22)24-8-13-29(14-9-24)46-36(37,38)39/h4-17,19-21,32H,18H2,1-3H3,(H,41,42)(H,43,44)/t32-/m0/s1. The highest BCUT2D eigenvalue weighted by molar-refractivity contribution is 5.98. The van der Waals surface area contributed by atoms with Gasteiger partial charge in [0.05, 0.1) is 0 Å². The van der Waals surface area contributed by atoms with Crippen molar-refractivity contribution in [3.05, 3.63) is 120 Å². The molecule has 236 valence electrons. The molecule has 0 fully saturated rings. The van der Waals surface area contributed by atoms with Crippen LogP contribution < -0.4 is 14.8 Å². The summed E-state index contributed by atoms with van der Waals surface area (Å²) in [6, 6.07) is 25.9. The van der Waals surface area contributed by atoms with E-state index in [9.17, 15) is 27.9 Å². The first-order valence-electron chi connectivity index (χ1n) is 14.4. The fraction of sp³-hybridized carbons (Fsp3) is 0.194. The summed E-state index contributed by atoms with van der Waals surface area (Å²) in [5.74, 6) is -0.869. The smallest absolute Gasteiger partial charge is 0.480 e. The number of benzene rings is 4. The van der Waals surface area contributed by atoms with Gasteiger partial charge in [0.2, 0.25) is 0 Å². The number of amides is 1. The van der Waals surface area contributed by atoms with Crippen LogP contribution in [-0.4, -0.2) is 34.4 Å². The fourth-order valence-corrected chi connectivity index (χ4v) is 4.82. The zero-order valence-electron chi connectivity index (χ0n) is 25.3. The van der Waals surface area contributed by atoms with Gasteiger partial charge in [-0.15, -0.1) is 13.2 Å². The van der Waals surface area contributed by atoms with E-state index in [0.717, 1.165) is 10.8 Å². The summed E-state index contributed by atoms with van der Waals surface area (Å²) < 4.78 is 47.2.